The summed E-state index contributed by atoms with van der Waals surface area (Å²) in [6.45, 7) is 2.48. The van der Waals surface area contributed by atoms with E-state index in [0.717, 1.165) is 30.0 Å². The van der Waals surface area contributed by atoms with Gasteiger partial charge in [-0.2, -0.15) is 8.42 Å². The SMILES string of the molecule is CCCCCCCCCCOS(=O)(=O)c1cccc2ccccc12.[BaH2]. The van der Waals surface area contributed by atoms with Crippen molar-refractivity contribution in [1.29, 1.82) is 0 Å². The van der Waals surface area contributed by atoms with E-state index in [2.05, 4.69) is 6.92 Å². The van der Waals surface area contributed by atoms with E-state index < -0.39 is 10.1 Å². The molecule has 0 aliphatic rings. The summed E-state index contributed by atoms with van der Waals surface area (Å²) in [4.78, 5) is 0.264. The molecule has 0 bridgehead atoms. The normalized spacial score (nSPS) is 11.4. The Bertz CT molecular complexity index is 723. The number of hydrogen-bond acceptors (Lipinski definition) is 3. The van der Waals surface area contributed by atoms with Gasteiger partial charge in [0.25, 0.3) is 10.1 Å². The van der Waals surface area contributed by atoms with E-state index in [-0.39, 0.29) is 60.4 Å². The van der Waals surface area contributed by atoms with E-state index in [9.17, 15) is 8.42 Å². The minimum atomic E-state index is -3.69. The Labute approximate surface area is 192 Å². The predicted octanol–water partition coefficient (Wildman–Crippen LogP) is 4.77. The molecular weight excluding hydrogens is 458 g/mol. The molecule has 0 aliphatic carbocycles. The third kappa shape index (κ3) is 7.75. The van der Waals surface area contributed by atoms with Crippen LogP contribution >= 0.6 is 0 Å². The molecule has 0 radical (unpaired) electrons. The molecule has 0 aliphatic heterocycles. The second-order valence-electron chi connectivity index (χ2n) is 6.23. The Kier molecular flexibility index (Phi) is 11.7. The van der Waals surface area contributed by atoms with E-state index in [1.807, 2.05) is 30.3 Å². The van der Waals surface area contributed by atoms with Crippen LogP contribution in [0.5, 0.6) is 0 Å². The number of benzene rings is 2. The molecular formula is C20H30BaO3S. The third-order valence-corrected chi connectivity index (χ3v) is 5.63. The van der Waals surface area contributed by atoms with Crippen molar-refractivity contribution in [2.45, 2.75) is 63.2 Å². The van der Waals surface area contributed by atoms with Crippen LogP contribution in [0.3, 0.4) is 0 Å². The topological polar surface area (TPSA) is 43.4 Å². The van der Waals surface area contributed by atoms with Crippen LogP contribution in [-0.2, 0) is 14.3 Å². The van der Waals surface area contributed by atoms with Crippen LogP contribution in [0.2, 0.25) is 0 Å². The second-order valence-corrected chi connectivity index (χ2v) is 7.81. The van der Waals surface area contributed by atoms with Crippen LogP contribution in [0, 0.1) is 0 Å². The molecule has 0 unspecified atom stereocenters. The molecule has 0 atom stereocenters. The van der Waals surface area contributed by atoms with E-state index in [0.29, 0.717) is 0 Å². The van der Waals surface area contributed by atoms with Crippen molar-refractivity contribution in [2.75, 3.05) is 6.61 Å². The van der Waals surface area contributed by atoms with Crippen LogP contribution in [0.1, 0.15) is 58.3 Å². The van der Waals surface area contributed by atoms with Crippen molar-refractivity contribution in [3.05, 3.63) is 42.5 Å². The van der Waals surface area contributed by atoms with Gasteiger partial charge >= 0.3 is 48.9 Å². The molecule has 5 heteroatoms. The fraction of sp³-hybridized carbons (Fsp3) is 0.500. The maximum atomic E-state index is 12.4. The summed E-state index contributed by atoms with van der Waals surface area (Å²) in [5.41, 5.74) is 0. The van der Waals surface area contributed by atoms with Crippen molar-refractivity contribution in [2.24, 2.45) is 0 Å². The van der Waals surface area contributed by atoms with Crippen LogP contribution < -0.4 is 0 Å². The molecule has 0 amide bonds. The monoisotopic (exact) mass is 488 g/mol. The standard InChI is InChI=1S/C20H28O3S.Ba.2H/c1-2-3-4-5-6-7-8-11-17-23-24(21,22)20-16-12-14-18-13-9-10-15-19(18)20;;;/h9-10,12-16H,2-8,11,17H2,1H3;;;. The molecule has 2 rings (SSSR count). The summed E-state index contributed by atoms with van der Waals surface area (Å²) in [7, 11) is -3.69. The zero-order valence-corrected chi connectivity index (χ0v) is 15.4. The molecule has 25 heavy (non-hydrogen) atoms. The van der Waals surface area contributed by atoms with Gasteiger partial charge < -0.3 is 0 Å². The van der Waals surface area contributed by atoms with Crippen LogP contribution in [0.25, 0.3) is 10.8 Å². The first kappa shape index (κ1) is 23.2. The Hall–Kier alpha value is 0.181. The summed E-state index contributed by atoms with van der Waals surface area (Å²) < 4.78 is 30.1. The first-order chi connectivity index (χ1) is 11.6. The van der Waals surface area contributed by atoms with Gasteiger partial charge in [-0.3, -0.25) is 4.18 Å². The predicted molar refractivity (Wildman–Crippen MR) is 108 cm³/mol. The Morgan fingerprint density at radius 1 is 0.800 bits per heavy atom. The fourth-order valence-electron chi connectivity index (χ4n) is 2.88. The Morgan fingerprint density at radius 2 is 1.40 bits per heavy atom. The van der Waals surface area contributed by atoms with E-state index >= 15 is 0 Å². The molecule has 0 heterocycles. The van der Waals surface area contributed by atoms with Gasteiger partial charge in [0, 0.05) is 5.39 Å². The van der Waals surface area contributed by atoms with Crippen LogP contribution in [0.4, 0.5) is 0 Å². The number of fused-ring (bicyclic) bond motifs is 1. The molecule has 0 saturated carbocycles. The average Bonchev–Trinajstić information content (AvgIpc) is 2.59. The number of rotatable bonds is 11. The van der Waals surface area contributed by atoms with Gasteiger partial charge in [-0.25, -0.2) is 0 Å². The summed E-state index contributed by atoms with van der Waals surface area (Å²) in [6, 6.07) is 12.8. The van der Waals surface area contributed by atoms with Gasteiger partial charge in [0.1, 0.15) is 4.90 Å². The first-order valence-electron chi connectivity index (χ1n) is 9.02. The minimum absolute atomic E-state index is 0. The maximum absolute atomic E-state index is 12.4. The summed E-state index contributed by atoms with van der Waals surface area (Å²) in [6.07, 6.45) is 9.37. The van der Waals surface area contributed by atoms with Crippen molar-refractivity contribution < 1.29 is 12.6 Å². The quantitative estimate of drug-likeness (QED) is 0.260. The molecule has 0 aromatic heterocycles. The Morgan fingerprint density at radius 3 is 2.12 bits per heavy atom. The van der Waals surface area contributed by atoms with Crippen molar-refractivity contribution >= 4 is 69.8 Å². The van der Waals surface area contributed by atoms with Crippen LogP contribution in [-0.4, -0.2) is 63.9 Å². The average molecular weight is 488 g/mol. The second kappa shape index (κ2) is 12.5. The van der Waals surface area contributed by atoms with Gasteiger partial charge in [-0.05, 0) is 17.9 Å². The molecule has 2 aromatic rings. The third-order valence-electron chi connectivity index (χ3n) is 4.26. The van der Waals surface area contributed by atoms with Gasteiger partial charge in [0.2, 0.25) is 0 Å². The summed E-state index contributed by atoms with van der Waals surface area (Å²) >= 11 is 0. The zero-order valence-electron chi connectivity index (χ0n) is 14.5. The van der Waals surface area contributed by atoms with Gasteiger partial charge in [0.15, 0.2) is 0 Å². The van der Waals surface area contributed by atoms with Crippen molar-refractivity contribution in [3.8, 4) is 0 Å². The number of hydrogen-bond donors (Lipinski definition) is 0. The van der Waals surface area contributed by atoms with Crippen molar-refractivity contribution in [1.82, 2.24) is 0 Å². The van der Waals surface area contributed by atoms with E-state index in [1.165, 1.54) is 32.1 Å². The number of unbranched alkanes of at least 4 members (excludes halogenated alkanes) is 7. The van der Waals surface area contributed by atoms with E-state index in [1.54, 1.807) is 12.1 Å². The van der Waals surface area contributed by atoms with Crippen LogP contribution in [0.15, 0.2) is 47.4 Å². The molecule has 0 spiro atoms. The first-order valence-corrected chi connectivity index (χ1v) is 10.4. The van der Waals surface area contributed by atoms with Gasteiger partial charge in [-0.15, -0.1) is 0 Å². The summed E-state index contributed by atoms with van der Waals surface area (Å²) in [5.74, 6) is 0. The fourth-order valence-corrected chi connectivity index (χ4v) is 4.05. The Balaban J connectivity index is 0.00000312. The molecule has 136 valence electrons. The molecule has 0 N–H and O–H groups in total. The van der Waals surface area contributed by atoms with E-state index in [4.69, 9.17) is 4.18 Å². The molecule has 0 saturated heterocycles. The molecule has 2 aromatic carbocycles. The molecule has 3 nitrogen and oxygen atoms in total. The van der Waals surface area contributed by atoms with Gasteiger partial charge in [0.05, 0.1) is 6.61 Å². The molecule has 0 fully saturated rings. The van der Waals surface area contributed by atoms with Crippen molar-refractivity contribution in [3.63, 3.8) is 0 Å². The zero-order chi connectivity index (χ0) is 17.3. The van der Waals surface area contributed by atoms with Gasteiger partial charge in [-0.1, -0.05) is 88.3 Å². The summed E-state index contributed by atoms with van der Waals surface area (Å²) in [5, 5.41) is 1.63.